The molecule has 0 aliphatic rings. The molecule has 0 fully saturated rings. The highest BCUT2D eigenvalue weighted by Gasteiger charge is 2.16. The number of methoxy groups -OCH3 is 1. The van der Waals surface area contributed by atoms with Gasteiger partial charge < -0.3 is 10.1 Å². The van der Waals surface area contributed by atoms with E-state index in [1.165, 1.54) is 0 Å². The van der Waals surface area contributed by atoms with Crippen LogP contribution in [0.5, 0.6) is 0 Å². The van der Waals surface area contributed by atoms with Crippen LogP contribution in [-0.4, -0.2) is 25.2 Å². The van der Waals surface area contributed by atoms with Crippen LogP contribution in [0.15, 0.2) is 0 Å². The molecule has 0 rings (SSSR count). The average molecular weight is 159 g/mol. The van der Waals surface area contributed by atoms with Crippen molar-refractivity contribution in [1.82, 2.24) is 5.32 Å². The lowest BCUT2D eigenvalue weighted by Gasteiger charge is -2.22. The highest BCUT2D eigenvalue weighted by molar-refractivity contribution is 5.75. The van der Waals surface area contributed by atoms with Crippen LogP contribution in [0.1, 0.15) is 27.2 Å². The summed E-state index contributed by atoms with van der Waals surface area (Å²) in [6, 6.07) is 0. The highest BCUT2D eigenvalue weighted by Crippen LogP contribution is 2.04. The number of ether oxygens (including phenoxy) is 1. The molecule has 0 aromatic carbocycles. The summed E-state index contributed by atoms with van der Waals surface area (Å²) in [5.41, 5.74) is -0.259. The summed E-state index contributed by atoms with van der Waals surface area (Å²) in [7, 11) is 1.64. The first-order chi connectivity index (χ1) is 5.02. The number of carbonyl (C=O) groups excluding carboxylic acids is 1. The summed E-state index contributed by atoms with van der Waals surface area (Å²) in [6.07, 6.45) is 0.528. The molecule has 11 heavy (non-hydrogen) atoms. The first kappa shape index (κ1) is 10.4. The van der Waals surface area contributed by atoms with Crippen molar-refractivity contribution in [1.29, 1.82) is 0 Å². The third kappa shape index (κ3) is 4.79. The zero-order valence-electron chi connectivity index (χ0n) is 7.73. The summed E-state index contributed by atoms with van der Waals surface area (Å²) < 4.78 is 5.12. The Hall–Kier alpha value is -0.570. The summed E-state index contributed by atoms with van der Waals surface area (Å²) in [5.74, 6) is 0.0649. The maximum absolute atomic E-state index is 10.8. The molecular weight excluding hydrogens is 142 g/mol. The fourth-order valence-electron chi connectivity index (χ4n) is 0.509. The lowest BCUT2D eigenvalue weighted by Crippen LogP contribution is -2.39. The predicted octanol–water partition coefficient (Wildman–Crippen LogP) is 0.938. The Labute approximate surface area is 68.1 Å². The van der Waals surface area contributed by atoms with Crippen molar-refractivity contribution in [3.05, 3.63) is 0 Å². The van der Waals surface area contributed by atoms with E-state index < -0.39 is 0 Å². The van der Waals surface area contributed by atoms with Crippen LogP contribution in [0.3, 0.4) is 0 Å². The molecule has 0 saturated heterocycles. The van der Waals surface area contributed by atoms with Crippen molar-refractivity contribution in [2.24, 2.45) is 0 Å². The Bertz CT molecular complexity index is 132. The highest BCUT2D eigenvalue weighted by atomic mass is 16.5. The second-order valence-corrected chi connectivity index (χ2v) is 3.09. The van der Waals surface area contributed by atoms with Crippen LogP contribution < -0.4 is 5.32 Å². The van der Waals surface area contributed by atoms with Crippen LogP contribution in [0.2, 0.25) is 0 Å². The average Bonchev–Trinajstić information content (AvgIpc) is 2.00. The van der Waals surface area contributed by atoms with Gasteiger partial charge in [-0.3, -0.25) is 4.79 Å². The van der Waals surface area contributed by atoms with E-state index in [0.717, 1.165) is 0 Å². The summed E-state index contributed by atoms with van der Waals surface area (Å²) in [4.78, 5) is 10.8. The molecule has 0 spiro atoms. The summed E-state index contributed by atoms with van der Waals surface area (Å²) in [5, 5.41) is 2.76. The van der Waals surface area contributed by atoms with Gasteiger partial charge in [0.2, 0.25) is 5.91 Å². The third-order valence-electron chi connectivity index (χ3n) is 1.58. The van der Waals surface area contributed by atoms with Crippen LogP contribution in [-0.2, 0) is 9.53 Å². The van der Waals surface area contributed by atoms with Crippen molar-refractivity contribution in [2.45, 2.75) is 32.8 Å². The lowest BCUT2D eigenvalue weighted by molar-refractivity contribution is -0.122. The number of hydrogen-bond donors (Lipinski definition) is 1. The fraction of sp³-hybridized carbons (Fsp3) is 0.875. The van der Waals surface area contributed by atoms with Gasteiger partial charge in [0.1, 0.15) is 0 Å². The molecule has 0 aromatic rings. The van der Waals surface area contributed by atoms with Crippen molar-refractivity contribution >= 4 is 5.91 Å². The summed E-state index contributed by atoms with van der Waals surface area (Å²) >= 11 is 0. The van der Waals surface area contributed by atoms with E-state index in [-0.39, 0.29) is 11.5 Å². The van der Waals surface area contributed by atoms with E-state index in [9.17, 15) is 4.79 Å². The largest absolute Gasteiger partial charge is 0.377 e. The molecule has 0 unspecified atom stereocenters. The van der Waals surface area contributed by atoms with Gasteiger partial charge in [-0.15, -0.1) is 0 Å². The van der Waals surface area contributed by atoms with Crippen LogP contribution in [0.4, 0.5) is 0 Å². The monoisotopic (exact) mass is 159 g/mol. The normalized spacial score (nSPS) is 11.3. The zero-order chi connectivity index (χ0) is 8.91. The maximum atomic E-state index is 10.8. The Balaban J connectivity index is 3.61. The molecule has 0 heterocycles. The van der Waals surface area contributed by atoms with Gasteiger partial charge >= 0.3 is 0 Å². The first-order valence-electron chi connectivity index (χ1n) is 3.83. The topological polar surface area (TPSA) is 38.3 Å². The van der Waals surface area contributed by atoms with Gasteiger partial charge in [-0.25, -0.2) is 0 Å². The Morgan fingerprint density at radius 1 is 1.55 bits per heavy atom. The van der Waals surface area contributed by atoms with Gasteiger partial charge in [0, 0.05) is 20.1 Å². The molecule has 0 aliphatic heterocycles. The van der Waals surface area contributed by atoms with Crippen molar-refractivity contribution < 1.29 is 9.53 Å². The van der Waals surface area contributed by atoms with Gasteiger partial charge in [-0.05, 0) is 13.8 Å². The van der Waals surface area contributed by atoms with Gasteiger partial charge in [0.25, 0.3) is 0 Å². The smallest absolute Gasteiger partial charge is 0.219 e. The van der Waals surface area contributed by atoms with E-state index in [1.54, 1.807) is 7.11 Å². The second kappa shape index (κ2) is 4.34. The zero-order valence-corrected chi connectivity index (χ0v) is 7.73. The molecule has 1 amide bonds. The molecule has 0 aliphatic carbocycles. The minimum Gasteiger partial charge on any atom is -0.377 e. The molecule has 0 radical (unpaired) electrons. The van der Waals surface area contributed by atoms with Crippen LogP contribution >= 0.6 is 0 Å². The minimum absolute atomic E-state index is 0.0649. The molecule has 0 bridgehead atoms. The second-order valence-electron chi connectivity index (χ2n) is 3.09. The number of carbonyl (C=O) groups is 1. The third-order valence-corrected chi connectivity index (χ3v) is 1.58. The Morgan fingerprint density at radius 2 is 2.09 bits per heavy atom. The quantitative estimate of drug-likeness (QED) is 0.663. The van der Waals surface area contributed by atoms with Gasteiger partial charge in [0.05, 0.1) is 5.60 Å². The van der Waals surface area contributed by atoms with Crippen LogP contribution in [0, 0.1) is 0 Å². The predicted molar refractivity (Wildman–Crippen MR) is 44.4 cm³/mol. The first-order valence-corrected chi connectivity index (χ1v) is 3.83. The van der Waals surface area contributed by atoms with E-state index in [4.69, 9.17) is 4.74 Å². The van der Waals surface area contributed by atoms with Gasteiger partial charge in [0.15, 0.2) is 0 Å². The summed E-state index contributed by atoms with van der Waals surface area (Å²) in [6.45, 7) is 6.26. The van der Waals surface area contributed by atoms with Crippen molar-refractivity contribution in [2.75, 3.05) is 13.7 Å². The standard InChI is InChI=1S/C8H17NO2/c1-5-7(10)9-6-8(2,3)11-4/h5-6H2,1-4H3,(H,9,10). The molecule has 3 nitrogen and oxygen atoms in total. The fourth-order valence-corrected chi connectivity index (χ4v) is 0.509. The SMILES string of the molecule is CCC(=O)NCC(C)(C)OC. The van der Waals surface area contributed by atoms with Crippen molar-refractivity contribution in [3.8, 4) is 0 Å². The van der Waals surface area contributed by atoms with E-state index >= 15 is 0 Å². The van der Waals surface area contributed by atoms with E-state index in [2.05, 4.69) is 5.32 Å². The molecule has 0 aromatic heterocycles. The van der Waals surface area contributed by atoms with Gasteiger partial charge in [-0.1, -0.05) is 6.92 Å². The Morgan fingerprint density at radius 3 is 2.45 bits per heavy atom. The lowest BCUT2D eigenvalue weighted by atomic mass is 10.1. The number of rotatable bonds is 4. The maximum Gasteiger partial charge on any atom is 0.219 e. The Kier molecular flexibility index (Phi) is 4.11. The van der Waals surface area contributed by atoms with Crippen molar-refractivity contribution in [3.63, 3.8) is 0 Å². The molecule has 66 valence electrons. The molecule has 1 N–H and O–H groups in total. The number of hydrogen-bond acceptors (Lipinski definition) is 2. The van der Waals surface area contributed by atoms with E-state index in [0.29, 0.717) is 13.0 Å². The number of amides is 1. The molecule has 0 atom stereocenters. The number of nitrogens with one attached hydrogen (secondary N) is 1. The minimum atomic E-state index is -0.259. The van der Waals surface area contributed by atoms with Gasteiger partial charge in [-0.2, -0.15) is 0 Å². The van der Waals surface area contributed by atoms with E-state index in [1.807, 2.05) is 20.8 Å². The molecule has 3 heteroatoms. The molecule has 0 saturated carbocycles. The van der Waals surface area contributed by atoms with Crippen LogP contribution in [0.25, 0.3) is 0 Å². The molecular formula is C8H17NO2.